The molecular formula is C22H33NO4Si. The zero-order valence-corrected chi connectivity index (χ0v) is 19.3. The first-order chi connectivity index (χ1) is 12.8. The van der Waals surface area contributed by atoms with E-state index in [2.05, 4.69) is 33.9 Å². The average molecular weight is 404 g/mol. The second kappa shape index (κ2) is 6.71. The fourth-order valence-electron chi connectivity index (χ4n) is 3.25. The van der Waals surface area contributed by atoms with Gasteiger partial charge in [0.25, 0.3) is 5.91 Å². The number of carbonyl (C=O) groups is 1. The molecule has 0 spiro atoms. The highest BCUT2D eigenvalue weighted by Gasteiger charge is 2.66. The van der Waals surface area contributed by atoms with E-state index in [0.29, 0.717) is 0 Å². The maximum atomic E-state index is 12.9. The largest absolute Gasteiger partial charge is 0.443 e. The number of benzene rings is 1. The van der Waals surface area contributed by atoms with Gasteiger partial charge in [0.15, 0.2) is 8.32 Å². The summed E-state index contributed by atoms with van der Waals surface area (Å²) in [6.45, 7) is 16.5. The van der Waals surface area contributed by atoms with Gasteiger partial charge >= 0.3 is 6.09 Å². The minimum Gasteiger partial charge on any atom is -0.443 e. The Kier molecular flexibility index (Phi) is 5.06. The van der Waals surface area contributed by atoms with E-state index in [-0.39, 0.29) is 17.1 Å². The molecule has 1 saturated heterocycles. The Hall–Kier alpha value is -1.63. The second-order valence-corrected chi connectivity index (χ2v) is 14.9. The third-order valence-corrected chi connectivity index (χ3v) is 10.2. The van der Waals surface area contributed by atoms with Crippen molar-refractivity contribution in [2.24, 2.45) is 5.92 Å². The highest BCUT2D eigenvalue weighted by Crippen LogP contribution is 2.58. The molecule has 2 heterocycles. The van der Waals surface area contributed by atoms with E-state index in [1.807, 2.05) is 57.2 Å². The monoisotopic (exact) mass is 403 g/mol. The van der Waals surface area contributed by atoms with Crippen LogP contribution in [0.3, 0.4) is 0 Å². The van der Waals surface area contributed by atoms with Gasteiger partial charge in [-0.25, -0.2) is 9.69 Å². The number of amides is 1. The van der Waals surface area contributed by atoms with E-state index in [9.17, 15) is 4.79 Å². The van der Waals surface area contributed by atoms with Crippen LogP contribution in [-0.2, 0) is 13.9 Å². The standard InChI is InChI=1S/C22H33NO4Si/c1-20(2,3)26-19(24)23-15-14-17-18(16-12-10-9-11-13-16)25-22(17,23)27-28(7,8)21(4,5)6/h9-15,17-18H,1-8H3. The molecule has 0 bridgehead atoms. The fourth-order valence-corrected chi connectivity index (χ4v) is 4.57. The Morgan fingerprint density at radius 2 is 1.71 bits per heavy atom. The van der Waals surface area contributed by atoms with Crippen molar-refractivity contribution in [3.63, 3.8) is 0 Å². The smallest absolute Gasteiger partial charge is 0.418 e. The zero-order chi connectivity index (χ0) is 21.0. The molecule has 2 aliphatic rings. The molecule has 0 aliphatic carbocycles. The summed E-state index contributed by atoms with van der Waals surface area (Å²) in [5, 5.41) is -0.0182. The van der Waals surface area contributed by atoms with Gasteiger partial charge in [-0.2, -0.15) is 0 Å². The van der Waals surface area contributed by atoms with Gasteiger partial charge in [0.1, 0.15) is 11.7 Å². The lowest BCUT2D eigenvalue weighted by Gasteiger charge is -2.57. The van der Waals surface area contributed by atoms with Gasteiger partial charge in [-0.1, -0.05) is 57.2 Å². The first-order valence-electron chi connectivity index (χ1n) is 9.90. The van der Waals surface area contributed by atoms with E-state index in [1.165, 1.54) is 4.90 Å². The van der Waals surface area contributed by atoms with Crippen molar-refractivity contribution in [3.05, 3.63) is 48.2 Å². The molecule has 1 aromatic carbocycles. The maximum absolute atomic E-state index is 12.9. The average Bonchev–Trinajstić information content (AvgIpc) is 2.79. The van der Waals surface area contributed by atoms with Crippen molar-refractivity contribution in [3.8, 4) is 0 Å². The molecule has 1 aromatic rings. The van der Waals surface area contributed by atoms with Gasteiger partial charge in [0.05, 0.1) is 5.92 Å². The third-order valence-electron chi connectivity index (χ3n) is 5.75. The Balaban J connectivity index is 1.93. The van der Waals surface area contributed by atoms with E-state index < -0.39 is 25.9 Å². The summed E-state index contributed by atoms with van der Waals surface area (Å²) in [6.07, 6.45) is 3.18. The molecule has 3 atom stereocenters. The first kappa shape index (κ1) is 21.1. The van der Waals surface area contributed by atoms with Gasteiger partial charge in [-0.05, 0) is 44.5 Å². The molecule has 28 heavy (non-hydrogen) atoms. The molecule has 0 aromatic heterocycles. The number of carbonyl (C=O) groups excluding carboxylic acids is 1. The molecule has 0 saturated carbocycles. The van der Waals surface area contributed by atoms with E-state index in [1.54, 1.807) is 6.20 Å². The summed E-state index contributed by atoms with van der Waals surface area (Å²) in [4.78, 5) is 14.4. The summed E-state index contributed by atoms with van der Waals surface area (Å²) in [5.74, 6) is -1.21. The number of nitrogens with zero attached hydrogens (tertiary/aromatic N) is 1. The second-order valence-electron chi connectivity index (χ2n) is 10.2. The summed E-state index contributed by atoms with van der Waals surface area (Å²) < 4.78 is 18.8. The van der Waals surface area contributed by atoms with Crippen LogP contribution >= 0.6 is 0 Å². The Morgan fingerprint density at radius 3 is 2.25 bits per heavy atom. The predicted octanol–water partition coefficient (Wildman–Crippen LogP) is 5.81. The molecule has 154 valence electrons. The molecule has 2 aliphatic heterocycles. The molecule has 5 nitrogen and oxygen atoms in total. The van der Waals surface area contributed by atoms with Crippen LogP contribution < -0.4 is 0 Å². The summed E-state index contributed by atoms with van der Waals surface area (Å²) in [7, 11) is -2.22. The molecule has 6 heteroatoms. The predicted molar refractivity (Wildman–Crippen MR) is 112 cm³/mol. The molecule has 1 amide bonds. The lowest BCUT2D eigenvalue weighted by molar-refractivity contribution is -0.386. The minimum absolute atomic E-state index is 0.0182. The van der Waals surface area contributed by atoms with Crippen molar-refractivity contribution in [1.82, 2.24) is 4.90 Å². The van der Waals surface area contributed by atoms with Crippen LogP contribution in [0.2, 0.25) is 18.1 Å². The summed E-state index contributed by atoms with van der Waals surface area (Å²) >= 11 is 0. The van der Waals surface area contributed by atoms with Crippen LogP contribution in [0, 0.1) is 5.92 Å². The van der Waals surface area contributed by atoms with E-state index in [4.69, 9.17) is 13.9 Å². The molecular weight excluding hydrogens is 370 g/mol. The minimum atomic E-state index is -2.22. The summed E-state index contributed by atoms with van der Waals surface area (Å²) in [6, 6.07) is 10.1. The fraction of sp³-hybridized carbons (Fsp3) is 0.591. The molecule has 3 unspecified atom stereocenters. The van der Waals surface area contributed by atoms with Crippen molar-refractivity contribution >= 4 is 14.4 Å². The van der Waals surface area contributed by atoms with Crippen LogP contribution in [0.5, 0.6) is 0 Å². The maximum Gasteiger partial charge on any atom is 0.418 e. The van der Waals surface area contributed by atoms with Crippen LogP contribution in [-0.4, -0.2) is 30.8 Å². The van der Waals surface area contributed by atoms with Crippen molar-refractivity contribution in [2.75, 3.05) is 0 Å². The quantitative estimate of drug-likeness (QED) is 0.597. The normalized spacial score (nSPS) is 27.4. The highest BCUT2D eigenvalue weighted by atomic mass is 28.4. The lowest BCUT2D eigenvalue weighted by atomic mass is 9.88. The topological polar surface area (TPSA) is 48.0 Å². The first-order valence-corrected chi connectivity index (χ1v) is 12.8. The third kappa shape index (κ3) is 3.65. The highest BCUT2D eigenvalue weighted by molar-refractivity contribution is 6.74. The SMILES string of the molecule is CC(C)(C)OC(=O)N1C=CC2C(c3ccccc3)OC21O[Si](C)(C)C(C)(C)C. The number of fused-ring (bicyclic) bond motifs is 1. The van der Waals surface area contributed by atoms with Gasteiger partial charge in [-0.15, -0.1) is 0 Å². The van der Waals surface area contributed by atoms with Crippen molar-refractivity contribution < 1.29 is 18.7 Å². The molecule has 3 rings (SSSR count). The Morgan fingerprint density at radius 1 is 1.11 bits per heavy atom. The van der Waals surface area contributed by atoms with Crippen molar-refractivity contribution in [2.45, 2.75) is 77.3 Å². The number of ether oxygens (including phenoxy) is 2. The Bertz CT molecular complexity index is 763. The van der Waals surface area contributed by atoms with Gasteiger partial charge in [0.2, 0.25) is 0 Å². The summed E-state index contributed by atoms with van der Waals surface area (Å²) in [5.41, 5.74) is 0.488. The molecule has 0 N–H and O–H groups in total. The number of hydrogen-bond acceptors (Lipinski definition) is 4. The van der Waals surface area contributed by atoms with Gasteiger partial charge in [0, 0.05) is 6.20 Å². The molecule has 1 fully saturated rings. The number of hydrogen-bond donors (Lipinski definition) is 0. The van der Waals surface area contributed by atoms with Crippen LogP contribution in [0.4, 0.5) is 4.79 Å². The van der Waals surface area contributed by atoms with Crippen LogP contribution in [0.15, 0.2) is 42.6 Å². The lowest BCUT2D eigenvalue weighted by Crippen LogP contribution is -2.68. The van der Waals surface area contributed by atoms with Crippen molar-refractivity contribution in [1.29, 1.82) is 0 Å². The molecule has 0 radical (unpaired) electrons. The van der Waals surface area contributed by atoms with Crippen LogP contribution in [0.25, 0.3) is 0 Å². The number of rotatable bonds is 3. The Labute approximate surface area is 169 Å². The van der Waals surface area contributed by atoms with E-state index in [0.717, 1.165) is 5.56 Å². The van der Waals surface area contributed by atoms with Gasteiger partial charge in [-0.3, -0.25) is 0 Å². The van der Waals surface area contributed by atoms with Gasteiger partial charge < -0.3 is 13.9 Å². The zero-order valence-electron chi connectivity index (χ0n) is 18.3. The van der Waals surface area contributed by atoms with E-state index >= 15 is 0 Å². The van der Waals surface area contributed by atoms with Crippen LogP contribution in [0.1, 0.15) is 53.2 Å².